The third-order valence-electron chi connectivity index (χ3n) is 7.82. The van der Waals surface area contributed by atoms with Crippen LogP contribution in [0.1, 0.15) is 88.3 Å². The van der Waals surface area contributed by atoms with Crippen molar-refractivity contribution in [1.29, 1.82) is 5.26 Å². The van der Waals surface area contributed by atoms with Crippen LogP contribution in [0, 0.1) is 11.3 Å². The standard InChI is InChI=1S/C29H50N7O5PSi/c1-13-21-23(40-42(38-16-14-15-30)36(19(4)5)20(6)7)24(41-43(11,12)29(8,9)10)27(39-21)35-17-31-22-25(35)33-28(32-18(2)3)34-26(22)37/h17,19-21,23-24,27H,13-14,16H2,1-12H3,(H,33,34,37)/t21-,23?,24+,27-,42?/m1/s1. The first-order valence-electron chi connectivity index (χ1n) is 15.1. The van der Waals surface area contributed by atoms with E-state index in [2.05, 4.69) is 99.2 Å². The van der Waals surface area contributed by atoms with Crippen molar-refractivity contribution < 1.29 is 18.2 Å². The number of H-pyrrole nitrogens is 1. The number of nitriles is 1. The van der Waals surface area contributed by atoms with Crippen LogP contribution in [0.3, 0.4) is 0 Å². The number of aliphatic imine (C=N–C) groups is 1. The smallest absolute Gasteiger partial charge is 0.280 e. The number of rotatable bonds is 13. The average molecular weight is 636 g/mol. The number of hydrogen-bond acceptors (Lipinski definition) is 10. The van der Waals surface area contributed by atoms with E-state index in [0.717, 1.165) is 5.71 Å². The lowest BCUT2D eigenvalue weighted by atomic mass is 10.1. The van der Waals surface area contributed by atoms with Crippen LogP contribution < -0.4 is 5.56 Å². The van der Waals surface area contributed by atoms with Crippen LogP contribution in [-0.4, -0.2) is 75.2 Å². The summed E-state index contributed by atoms with van der Waals surface area (Å²) in [4.78, 5) is 29.1. The van der Waals surface area contributed by atoms with Crippen molar-refractivity contribution in [2.24, 2.45) is 4.99 Å². The zero-order valence-electron chi connectivity index (χ0n) is 27.8. The van der Waals surface area contributed by atoms with Gasteiger partial charge in [0.25, 0.3) is 14.1 Å². The lowest BCUT2D eigenvalue weighted by Gasteiger charge is -2.42. The van der Waals surface area contributed by atoms with Gasteiger partial charge in [-0.15, -0.1) is 0 Å². The van der Waals surface area contributed by atoms with Crippen LogP contribution >= 0.6 is 8.53 Å². The number of nitrogens with zero attached hydrogens (tertiary/aromatic N) is 6. The minimum absolute atomic E-state index is 0.0880. The molecule has 5 atom stereocenters. The Bertz CT molecular complexity index is 1350. The summed E-state index contributed by atoms with van der Waals surface area (Å²) < 4.78 is 31.1. The lowest BCUT2D eigenvalue weighted by molar-refractivity contribution is -0.0324. The molecular weight excluding hydrogens is 585 g/mol. The monoisotopic (exact) mass is 635 g/mol. The molecule has 2 unspecified atom stereocenters. The molecule has 240 valence electrons. The quantitative estimate of drug-likeness (QED) is 0.112. The summed E-state index contributed by atoms with van der Waals surface area (Å²) in [6.07, 6.45) is 0.476. The van der Waals surface area contributed by atoms with Gasteiger partial charge < -0.3 is 18.2 Å². The number of aromatic nitrogens is 4. The topological polar surface area (TPSA) is 140 Å². The maximum absolute atomic E-state index is 12.9. The predicted octanol–water partition coefficient (Wildman–Crippen LogP) is 6.59. The fourth-order valence-corrected chi connectivity index (χ4v) is 7.85. The molecule has 0 amide bonds. The van der Waals surface area contributed by atoms with E-state index in [9.17, 15) is 10.1 Å². The molecule has 1 saturated heterocycles. The van der Waals surface area contributed by atoms with Crippen molar-refractivity contribution in [3.8, 4) is 6.07 Å². The summed E-state index contributed by atoms with van der Waals surface area (Å²) in [6, 6.07) is 2.45. The largest absolute Gasteiger partial charge is 0.407 e. The Morgan fingerprint density at radius 1 is 1.26 bits per heavy atom. The summed E-state index contributed by atoms with van der Waals surface area (Å²) in [7, 11) is -3.93. The molecule has 0 saturated carbocycles. The first kappa shape index (κ1) is 35.4. The molecule has 14 heteroatoms. The summed E-state index contributed by atoms with van der Waals surface area (Å²) in [6.45, 7) is 25.4. The summed E-state index contributed by atoms with van der Waals surface area (Å²) in [5.74, 6) is 0.206. The van der Waals surface area contributed by atoms with Gasteiger partial charge in [-0.25, -0.2) is 14.6 Å². The molecule has 0 radical (unpaired) electrons. The fourth-order valence-electron chi connectivity index (χ4n) is 4.79. The van der Waals surface area contributed by atoms with Crippen molar-refractivity contribution in [3.05, 3.63) is 16.7 Å². The molecular formula is C29H50N7O5PSi. The molecule has 0 bridgehead atoms. The molecule has 1 fully saturated rings. The van der Waals surface area contributed by atoms with E-state index in [1.165, 1.54) is 0 Å². The Labute approximate surface area is 258 Å². The Morgan fingerprint density at radius 2 is 1.91 bits per heavy atom. The number of hydrogen-bond donors (Lipinski definition) is 1. The maximum Gasteiger partial charge on any atom is 0.280 e. The van der Waals surface area contributed by atoms with Gasteiger partial charge in [-0.1, -0.05) is 27.7 Å². The first-order chi connectivity index (χ1) is 20.0. The van der Waals surface area contributed by atoms with E-state index < -0.39 is 35.3 Å². The minimum atomic E-state index is -2.37. The fraction of sp³-hybridized carbons (Fsp3) is 0.759. The van der Waals surface area contributed by atoms with Crippen molar-refractivity contribution >= 4 is 39.7 Å². The van der Waals surface area contributed by atoms with Gasteiger partial charge in [0.05, 0.1) is 31.5 Å². The molecule has 3 heterocycles. The SMILES string of the molecule is CC[C@H]1O[C@@H](n2cnc3c(=O)[nH]c(N=C(C)C)nc32)[C@@H](O[Si](C)(C)C(C)(C)C)C1OP(OCCC#N)N(C(C)C)C(C)C. The highest BCUT2D eigenvalue weighted by Crippen LogP contribution is 2.52. The summed E-state index contributed by atoms with van der Waals surface area (Å²) >= 11 is 0. The van der Waals surface area contributed by atoms with Gasteiger partial charge in [-0.3, -0.25) is 14.3 Å². The summed E-state index contributed by atoms with van der Waals surface area (Å²) in [5.41, 5.74) is 0.954. The Morgan fingerprint density at radius 3 is 2.44 bits per heavy atom. The molecule has 0 spiro atoms. The van der Waals surface area contributed by atoms with Gasteiger partial charge in [0.1, 0.15) is 12.2 Å². The Hall–Kier alpha value is -2.04. The Kier molecular flexibility index (Phi) is 11.8. The minimum Gasteiger partial charge on any atom is -0.407 e. The molecule has 2 aromatic rings. The molecule has 0 aliphatic carbocycles. The molecule has 43 heavy (non-hydrogen) atoms. The predicted molar refractivity (Wildman–Crippen MR) is 173 cm³/mol. The van der Waals surface area contributed by atoms with Crippen LogP contribution in [0.25, 0.3) is 11.2 Å². The molecule has 1 N–H and O–H groups in total. The highest BCUT2D eigenvalue weighted by atomic mass is 31.2. The van der Waals surface area contributed by atoms with Crippen molar-refractivity contribution in [3.63, 3.8) is 0 Å². The van der Waals surface area contributed by atoms with Gasteiger partial charge in [-0.2, -0.15) is 10.2 Å². The number of imidazole rings is 1. The van der Waals surface area contributed by atoms with E-state index in [-0.39, 0.29) is 53.3 Å². The first-order valence-corrected chi connectivity index (χ1v) is 19.1. The van der Waals surface area contributed by atoms with Crippen LogP contribution in [0.5, 0.6) is 0 Å². The van der Waals surface area contributed by atoms with Crippen molar-refractivity contribution in [1.82, 2.24) is 24.2 Å². The van der Waals surface area contributed by atoms with E-state index in [1.807, 2.05) is 13.8 Å². The van der Waals surface area contributed by atoms with E-state index in [1.54, 1.807) is 10.9 Å². The van der Waals surface area contributed by atoms with Crippen molar-refractivity contribution in [2.75, 3.05) is 6.61 Å². The van der Waals surface area contributed by atoms with E-state index in [4.69, 9.17) is 18.2 Å². The van der Waals surface area contributed by atoms with E-state index >= 15 is 0 Å². The molecule has 3 rings (SSSR count). The zero-order chi connectivity index (χ0) is 32.3. The number of aromatic amines is 1. The van der Waals surface area contributed by atoms with Crippen LogP contribution in [0.4, 0.5) is 5.95 Å². The van der Waals surface area contributed by atoms with Gasteiger partial charge in [0, 0.05) is 17.8 Å². The molecule has 1 aliphatic rings. The number of nitrogens with one attached hydrogen (secondary N) is 1. The third kappa shape index (κ3) is 8.17. The lowest BCUT2D eigenvalue weighted by Crippen LogP contribution is -2.49. The van der Waals surface area contributed by atoms with Gasteiger partial charge in [0.15, 0.2) is 25.7 Å². The second kappa shape index (κ2) is 14.4. The second-order valence-electron chi connectivity index (χ2n) is 13.2. The van der Waals surface area contributed by atoms with Crippen LogP contribution in [0.2, 0.25) is 18.1 Å². The van der Waals surface area contributed by atoms with Crippen LogP contribution in [-0.2, 0) is 18.2 Å². The zero-order valence-corrected chi connectivity index (χ0v) is 29.7. The summed E-state index contributed by atoms with van der Waals surface area (Å²) in [5, 5.41) is 9.11. The van der Waals surface area contributed by atoms with Gasteiger partial charge in [-0.05, 0) is 66.1 Å². The highest BCUT2D eigenvalue weighted by molar-refractivity contribution is 7.44. The third-order valence-corrected chi connectivity index (χ3v) is 14.4. The van der Waals surface area contributed by atoms with Crippen LogP contribution in [0.15, 0.2) is 16.1 Å². The van der Waals surface area contributed by atoms with Gasteiger partial charge >= 0.3 is 0 Å². The normalized spacial score (nSPS) is 22.1. The maximum atomic E-state index is 12.9. The average Bonchev–Trinajstić information content (AvgIpc) is 3.43. The number of ether oxygens (including phenoxy) is 1. The highest BCUT2D eigenvalue weighted by Gasteiger charge is 2.53. The second-order valence-corrected chi connectivity index (χ2v) is 19.4. The molecule has 1 aliphatic heterocycles. The molecule has 0 aromatic carbocycles. The number of fused-ring (bicyclic) bond motifs is 1. The molecule has 12 nitrogen and oxygen atoms in total. The van der Waals surface area contributed by atoms with E-state index in [0.29, 0.717) is 12.1 Å². The molecule has 2 aromatic heterocycles. The van der Waals surface area contributed by atoms with Gasteiger partial charge in [0.2, 0.25) is 5.95 Å². The Balaban J connectivity index is 2.17. The van der Waals surface area contributed by atoms with Crippen molar-refractivity contribution in [2.45, 2.75) is 137 Å².